The number of ketones is 2. The van der Waals surface area contributed by atoms with Gasteiger partial charge in [-0.1, -0.05) is 0 Å². The van der Waals surface area contributed by atoms with Gasteiger partial charge in [-0.2, -0.15) is 0 Å². The Morgan fingerprint density at radius 3 is 2.29 bits per heavy atom. The van der Waals surface area contributed by atoms with Crippen molar-refractivity contribution < 1.29 is 9.59 Å². The van der Waals surface area contributed by atoms with Crippen molar-refractivity contribution in [3.05, 3.63) is 47.7 Å². The van der Waals surface area contributed by atoms with Crippen LogP contribution in [-0.4, -0.2) is 11.6 Å². The average molecular weight is 228 g/mol. The SMILES string of the molecule is CC1=CC(=O)C(Nc2ccc(N)cc2)=CC1=O. The topological polar surface area (TPSA) is 72.2 Å². The Kier molecular flexibility index (Phi) is 2.78. The summed E-state index contributed by atoms with van der Waals surface area (Å²) in [7, 11) is 0. The molecule has 1 aliphatic carbocycles. The van der Waals surface area contributed by atoms with Gasteiger partial charge >= 0.3 is 0 Å². The summed E-state index contributed by atoms with van der Waals surface area (Å²) in [5.74, 6) is -0.346. The van der Waals surface area contributed by atoms with E-state index in [0.717, 1.165) is 5.69 Å². The molecule has 17 heavy (non-hydrogen) atoms. The van der Waals surface area contributed by atoms with E-state index in [9.17, 15) is 9.59 Å². The Balaban J connectivity index is 2.20. The standard InChI is InChI=1S/C13H12N2O2/c1-8-6-13(17)11(7-12(8)16)15-10-4-2-9(14)3-5-10/h2-7,15H,14H2,1H3. The minimum atomic E-state index is -0.195. The predicted molar refractivity (Wildman–Crippen MR) is 66.3 cm³/mol. The van der Waals surface area contributed by atoms with E-state index in [0.29, 0.717) is 11.3 Å². The van der Waals surface area contributed by atoms with Gasteiger partial charge in [-0.05, 0) is 37.3 Å². The van der Waals surface area contributed by atoms with Crippen LogP contribution in [0.15, 0.2) is 47.7 Å². The lowest BCUT2D eigenvalue weighted by Crippen LogP contribution is -2.17. The quantitative estimate of drug-likeness (QED) is 0.596. The van der Waals surface area contributed by atoms with Gasteiger partial charge in [0, 0.05) is 23.0 Å². The lowest BCUT2D eigenvalue weighted by molar-refractivity contribution is -0.115. The van der Waals surface area contributed by atoms with Crippen molar-refractivity contribution in [2.24, 2.45) is 0 Å². The van der Waals surface area contributed by atoms with E-state index in [1.807, 2.05) is 0 Å². The van der Waals surface area contributed by atoms with Crippen LogP contribution in [0, 0.1) is 0 Å². The van der Waals surface area contributed by atoms with E-state index in [-0.39, 0.29) is 17.3 Å². The highest BCUT2D eigenvalue weighted by atomic mass is 16.1. The second-order valence-electron chi connectivity index (χ2n) is 3.86. The molecule has 1 aromatic carbocycles. The summed E-state index contributed by atoms with van der Waals surface area (Å²) in [6.07, 6.45) is 2.65. The van der Waals surface area contributed by atoms with Gasteiger partial charge in [0.15, 0.2) is 5.78 Å². The van der Waals surface area contributed by atoms with Crippen molar-refractivity contribution in [2.75, 3.05) is 11.1 Å². The fourth-order valence-corrected chi connectivity index (χ4v) is 1.48. The molecule has 4 nitrogen and oxygen atoms in total. The molecule has 1 aliphatic rings. The van der Waals surface area contributed by atoms with Crippen LogP contribution in [-0.2, 0) is 9.59 Å². The van der Waals surface area contributed by atoms with Crippen LogP contribution in [0.5, 0.6) is 0 Å². The third kappa shape index (κ3) is 2.42. The molecule has 3 N–H and O–H groups in total. The normalized spacial score (nSPS) is 15.4. The summed E-state index contributed by atoms with van der Waals surface area (Å²) >= 11 is 0. The van der Waals surface area contributed by atoms with E-state index >= 15 is 0 Å². The number of nitrogens with two attached hydrogens (primary N) is 1. The average Bonchev–Trinajstić information content (AvgIpc) is 2.29. The largest absolute Gasteiger partial charge is 0.399 e. The van der Waals surface area contributed by atoms with Crippen molar-refractivity contribution in [3.63, 3.8) is 0 Å². The minimum absolute atomic E-state index is 0.150. The molecule has 0 unspecified atom stereocenters. The molecule has 0 fully saturated rings. The summed E-state index contributed by atoms with van der Waals surface area (Å²) in [5.41, 5.74) is 7.66. The van der Waals surface area contributed by atoms with Crippen LogP contribution in [0.25, 0.3) is 0 Å². The number of hydrogen-bond donors (Lipinski definition) is 2. The Hall–Kier alpha value is -2.36. The number of benzene rings is 1. The maximum Gasteiger partial charge on any atom is 0.202 e. The Bertz CT molecular complexity index is 539. The maximum absolute atomic E-state index is 11.6. The number of hydrogen-bond acceptors (Lipinski definition) is 4. The molecule has 2 rings (SSSR count). The fraction of sp³-hybridized carbons (Fsp3) is 0.0769. The van der Waals surface area contributed by atoms with Crippen molar-refractivity contribution in [2.45, 2.75) is 6.92 Å². The molecule has 0 heterocycles. The van der Waals surface area contributed by atoms with E-state index in [4.69, 9.17) is 5.73 Å². The number of carbonyl (C=O) groups excluding carboxylic acids is 2. The molecule has 0 saturated heterocycles. The monoisotopic (exact) mass is 228 g/mol. The number of rotatable bonds is 2. The van der Waals surface area contributed by atoms with Gasteiger partial charge in [0.2, 0.25) is 5.78 Å². The highest BCUT2D eigenvalue weighted by Crippen LogP contribution is 2.16. The van der Waals surface area contributed by atoms with Crippen LogP contribution in [0.4, 0.5) is 11.4 Å². The summed E-state index contributed by atoms with van der Waals surface area (Å²) in [5, 5.41) is 2.90. The smallest absolute Gasteiger partial charge is 0.202 e. The number of allylic oxidation sites excluding steroid dienone is 3. The highest BCUT2D eigenvalue weighted by Gasteiger charge is 2.17. The zero-order chi connectivity index (χ0) is 12.4. The number of anilines is 2. The molecule has 0 spiro atoms. The molecule has 4 heteroatoms. The predicted octanol–water partition coefficient (Wildman–Crippen LogP) is 1.66. The molecule has 0 amide bonds. The van der Waals surface area contributed by atoms with E-state index in [1.165, 1.54) is 12.2 Å². The molecular formula is C13H12N2O2. The molecule has 0 radical (unpaired) electrons. The highest BCUT2D eigenvalue weighted by molar-refractivity contribution is 6.20. The number of carbonyl (C=O) groups is 2. The second-order valence-corrected chi connectivity index (χ2v) is 3.86. The zero-order valence-electron chi connectivity index (χ0n) is 9.36. The first-order valence-electron chi connectivity index (χ1n) is 5.17. The first-order chi connectivity index (χ1) is 8.06. The van der Waals surface area contributed by atoms with Crippen LogP contribution >= 0.6 is 0 Å². The lowest BCUT2D eigenvalue weighted by Gasteiger charge is -2.12. The van der Waals surface area contributed by atoms with Crippen LogP contribution in [0.3, 0.4) is 0 Å². The molecule has 1 aromatic rings. The summed E-state index contributed by atoms with van der Waals surface area (Å²) in [6.45, 7) is 1.62. The van der Waals surface area contributed by atoms with Crippen molar-refractivity contribution in [1.29, 1.82) is 0 Å². The first kappa shape index (κ1) is 11.1. The van der Waals surface area contributed by atoms with Crippen molar-refractivity contribution in [1.82, 2.24) is 0 Å². The molecule has 0 bridgehead atoms. The molecular weight excluding hydrogens is 216 g/mol. The molecule has 0 aromatic heterocycles. The summed E-state index contributed by atoms with van der Waals surface area (Å²) < 4.78 is 0. The fourth-order valence-electron chi connectivity index (χ4n) is 1.48. The van der Waals surface area contributed by atoms with Gasteiger partial charge in [0.1, 0.15) is 0 Å². The van der Waals surface area contributed by atoms with E-state index < -0.39 is 0 Å². The third-order valence-corrected chi connectivity index (χ3v) is 2.47. The van der Waals surface area contributed by atoms with Crippen LogP contribution < -0.4 is 11.1 Å². The Morgan fingerprint density at radius 1 is 1.00 bits per heavy atom. The third-order valence-electron chi connectivity index (χ3n) is 2.47. The van der Waals surface area contributed by atoms with Crippen molar-refractivity contribution in [3.8, 4) is 0 Å². The minimum Gasteiger partial charge on any atom is -0.399 e. The number of nitrogen functional groups attached to an aromatic ring is 1. The first-order valence-corrected chi connectivity index (χ1v) is 5.17. The molecule has 0 aliphatic heterocycles. The zero-order valence-corrected chi connectivity index (χ0v) is 9.36. The molecule has 86 valence electrons. The van der Waals surface area contributed by atoms with Gasteiger partial charge in [-0.3, -0.25) is 9.59 Å². The Labute approximate surface area is 98.8 Å². The van der Waals surface area contributed by atoms with Gasteiger partial charge in [0.25, 0.3) is 0 Å². The van der Waals surface area contributed by atoms with Crippen LogP contribution in [0.2, 0.25) is 0 Å². The molecule has 0 saturated carbocycles. The second kappa shape index (κ2) is 4.25. The molecule has 0 atom stereocenters. The maximum atomic E-state index is 11.6. The van der Waals surface area contributed by atoms with E-state index in [1.54, 1.807) is 31.2 Å². The van der Waals surface area contributed by atoms with Gasteiger partial charge in [-0.15, -0.1) is 0 Å². The lowest BCUT2D eigenvalue weighted by atomic mass is 10.0. The van der Waals surface area contributed by atoms with Crippen LogP contribution in [0.1, 0.15) is 6.92 Å². The number of nitrogens with one attached hydrogen (secondary N) is 1. The summed E-state index contributed by atoms with van der Waals surface area (Å²) in [4.78, 5) is 23.1. The Morgan fingerprint density at radius 2 is 1.65 bits per heavy atom. The van der Waals surface area contributed by atoms with Gasteiger partial charge < -0.3 is 11.1 Å². The summed E-state index contributed by atoms with van der Waals surface area (Å²) in [6, 6.07) is 6.94. The van der Waals surface area contributed by atoms with Crippen molar-refractivity contribution >= 4 is 22.9 Å². The van der Waals surface area contributed by atoms with E-state index in [2.05, 4.69) is 5.32 Å². The van der Waals surface area contributed by atoms with Gasteiger partial charge in [-0.25, -0.2) is 0 Å². The van der Waals surface area contributed by atoms with Gasteiger partial charge in [0.05, 0.1) is 5.70 Å².